The van der Waals surface area contributed by atoms with E-state index >= 15 is 0 Å². The first-order valence-electron chi connectivity index (χ1n) is 6.99. The van der Waals surface area contributed by atoms with Crippen LogP contribution >= 0.6 is 0 Å². The van der Waals surface area contributed by atoms with Gasteiger partial charge in [-0.15, -0.1) is 0 Å². The van der Waals surface area contributed by atoms with Crippen LogP contribution in [0.3, 0.4) is 0 Å². The number of likely N-dealkylation sites (N-methyl/N-ethyl adjacent to an activating group) is 1. The Kier molecular flexibility index (Phi) is 5.30. The van der Waals surface area contributed by atoms with Crippen molar-refractivity contribution in [2.45, 2.75) is 13.5 Å². The van der Waals surface area contributed by atoms with Crippen molar-refractivity contribution in [2.24, 2.45) is 5.92 Å². The molecule has 0 unspecified atom stereocenters. The molecule has 0 saturated carbocycles. The molecule has 7 heteroatoms. The zero-order chi connectivity index (χ0) is 15.4. The summed E-state index contributed by atoms with van der Waals surface area (Å²) in [5.41, 5.74) is 0.359. The third kappa shape index (κ3) is 4.01. The summed E-state index contributed by atoms with van der Waals surface area (Å²) in [6.45, 7) is 2.17. The molecule has 0 bridgehead atoms. The third-order valence-corrected chi connectivity index (χ3v) is 3.64. The number of amides is 1. The summed E-state index contributed by atoms with van der Waals surface area (Å²) in [5.74, 6) is -0.312. The summed E-state index contributed by atoms with van der Waals surface area (Å²) in [4.78, 5) is 14.2. The normalized spacial score (nSPS) is 20.5. The maximum Gasteiger partial charge on any atom is 0.319 e. The number of aryl methyl sites for hydroxylation is 1. The van der Waals surface area contributed by atoms with E-state index in [-0.39, 0.29) is 11.6 Å². The van der Waals surface area contributed by atoms with Crippen LogP contribution in [0.25, 0.3) is 0 Å². The summed E-state index contributed by atoms with van der Waals surface area (Å²) in [5, 5.41) is 2.73. The topological polar surface area (TPSA) is 46.5 Å². The molecule has 2 heterocycles. The maximum atomic E-state index is 12.9. The highest BCUT2D eigenvalue weighted by Crippen LogP contribution is 2.18. The minimum Gasteiger partial charge on any atom is -0.380 e. The van der Waals surface area contributed by atoms with Gasteiger partial charge in [-0.05, 0) is 26.1 Å². The van der Waals surface area contributed by atoms with Crippen LogP contribution in [-0.4, -0.2) is 55.3 Å². The molecule has 1 aliphatic rings. The number of hydrogen-bond acceptors (Lipinski definition) is 3. The average molecular weight is 301 g/mol. The summed E-state index contributed by atoms with van der Waals surface area (Å²) in [6, 6.07) is 2.94. The van der Waals surface area contributed by atoms with Gasteiger partial charge in [0.25, 0.3) is 5.91 Å². The lowest BCUT2D eigenvalue weighted by Crippen LogP contribution is -2.36. The second-order valence-electron chi connectivity index (χ2n) is 5.42. The maximum absolute atomic E-state index is 12.9. The number of nitrogens with zero attached hydrogens (tertiary/aromatic N) is 2. The van der Waals surface area contributed by atoms with Crippen LogP contribution in [0, 0.1) is 12.8 Å². The SMILES string of the molecule is Cc1ccc(C(=O)NC[C@H]2COCCN(C)C2)n1C(F)F. The smallest absolute Gasteiger partial charge is 0.319 e. The summed E-state index contributed by atoms with van der Waals surface area (Å²) in [7, 11) is 1.99. The predicted octanol–water partition coefficient (Wildman–Crippen LogP) is 1.50. The van der Waals surface area contributed by atoms with E-state index in [9.17, 15) is 13.6 Å². The van der Waals surface area contributed by atoms with Crippen molar-refractivity contribution in [1.82, 2.24) is 14.8 Å². The molecule has 1 saturated heterocycles. The van der Waals surface area contributed by atoms with Gasteiger partial charge in [-0.1, -0.05) is 0 Å². The van der Waals surface area contributed by atoms with E-state index in [4.69, 9.17) is 4.74 Å². The molecule has 118 valence electrons. The van der Waals surface area contributed by atoms with E-state index in [1.807, 2.05) is 7.05 Å². The van der Waals surface area contributed by atoms with Gasteiger partial charge in [-0.2, -0.15) is 8.78 Å². The highest BCUT2D eigenvalue weighted by atomic mass is 19.3. The van der Waals surface area contributed by atoms with Gasteiger partial charge < -0.3 is 15.0 Å². The second-order valence-corrected chi connectivity index (χ2v) is 5.42. The molecule has 0 radical (unpaired) electrons. The highest BCUT2D eigenvalue weighted by molar-refractivity contribution is 5.92. The largest absolute Gasteiger partial charge is 0.380 e. The summed E-state index contributed by atoms with van der Waals surface area (Å²) < 4.78 is 32.1. The fourth-order valence-corrected chi connectivity index (χ4v) is 2.50. The average Bonchev–Trinajstić information content (AvgIpc) is 2.69. The Bertz CT molecular complexity index is 491. The molecule has 1 fully saturated rings. The van der Waals surface area contributed by atoms with Crippen molar-refractivity contribution in [2.75, 3.05) is 39.9 Å². The Morgan fingerprint density at radius 3 is 3.00 bits per heavy atom. The number of ether oxygens (including phenoxy) is 1. The third-order valence-electron chi connectivity index (χ3n) is 3.64. The number of hydrogen-bond donors (Lipinski definition) is 1. The minimum atomic E-state index is -2.71. The number of nitrogens with one attached hydrogen (secondary N) is 1. The molecule has 1 aliphatic heterocycles. The van der Waals surface area contributed by atoms with E-state index in [0.29, 0.717) is 25.5 Å². The monoisotopic (exact) mass is 301 g/mol. The van der Waals surface area contributed by atoms with E-state index in [0.717, 1.165) is 17.7 Å². The Balaban J connectivity index is 1.95. The van der Waals surface area contributed by atoms with Crippen molar-refractivity contribution < 1.29 is 18.3 Å². The Morgan fingerprint density at radius 1 is 1.52 bits per heavy atom. The lowest BCUT2D eigenvalue weighted by molar-refractivity contribution is 0.0613. The number of carbonyl (C=O) groups excluding carboxylic acids is 1. The van der Waals surface area contributed by atoms with Crippen LogP contribution in [0.15, 0.2) is 12.1 Å². The van der Waals surface area contributed by atoms with Crippen molar-refractivity contribution in [3.8, 4) is 0 Å². The van der Waals surface area contributed by atoms with Gasteiger partial charge in [-0.25, -0.2) is 0 Å². The fraction of sp³-hybridized carbons (Fsp3) is 0.643. The highest BCUT2D eigenvalue weighted by Gasteiger charge is 2.21. The van der Waals surface area contributed by atoms with Crippen LogP contribution in [0.4, 0.5) is 8.78 Å². The Labute approximate surface area is 122 Å². The van der Waals surface area contributed by atoms with Crippen LogP contribution in [0.1, 0.15) is 22.7 Å². The van der Waals surface area contributed by atoms with Crippen LogP contribution < -0.4 is 5.32 Å². The molecule has 21 heavy (non-hydrogen) atoms. The first-order valence-corrected chi connectivity index (χ1v) is 6.99. The number of rotatable bonds is 4. The van der Waals surface area contributed by atoms with E-state index in [1.54, 1.807) is 6.92 Å². The molecule has 1 atom stereocenters. The molecule has 2 rings (SSSR count). The zero-order valence-corrected chi connectivity index (χ0v) is 12.3. The zero-order valence-electron chi connectivity index (χ0n) is 12.3. The Hall–Kier alpha value is -1.47. The Morgan fingerprint density at radius 2 is 2.29 bits per heavy atom. The lowest BCUT2D eigenvalue weighted by atomic mass is 10.1. The molecule has 5 nitrogen and oxygen atoms in total. The van der Waals surface area contributed by atoms with Crippen LogP contribution in [-0.2, 0) is 4.74 Å². The molecular weight excluding hydrogens is 280 g/mol. The molecule has 1 N–H and O–H groups in total. The van der Waals surface area contributed by atoms with Gasteiger partial charge >= 0.3 is 6.55 Å². The second kappa shape index (κ2) is 7.00. The number of carbonyl (C=O) groups is 1. The summed E-state index contributed by atoms with van der Waals surface area (Å²) >= 11 is 0. The molecule has 0 aromatic carbocycles. The van der Waals surface area contributed by atoms with Crippen LogP contribution in [0.5, 0.6) is 0 Å². The fourth-order valence-electron chi connectivity index (χ4n) is 2.50. The van der Waals surface area contributed by atoms with Gasteiger partial charge in [-0.3, -0.25) is 9.36 Å². The number of alkyl halides is 2. The molecule has 1 aromatic heterocycles. The van der Waals surface area contributed by atoms with E-state index in [1.165, 1.54) is 12.1 Å². The van der Waals surface area contributed by atoms with E-state index in [2.05, 4.69) is 10.2 Å². The molecule has 0 spiro atoms. The van der Waals surface area contributed by atoms with Gasteiger partial charge in [0, 0.05) is 31.2 Å². The number of aromatic nitrogens is 1. The quantitative estimate of drug-likeness (QED) is 0.917. The van der Waals surface area contributed by atoms with E-state index < -0.39 is 12.5 Å². The first-order chi connectivity index (χ1) is 9.99. The molecular formula is C14H21F2N3O2. The van der Waals surface area contributed by atoms with Crippen molar-refractivity contribution >= 4 is 5.91 Å². The lowest BCUT2D eigenvalue weighted by Gasteiger charge is -2.19. The van der Waals surface area contributed by atoms with Gasteiger partial charge in [0.2, 0.25) is 0 Å². The van der Waals surface area contributed by atoms with Gasteiger partial charge in [0.1, 0.15) is 5.69 Å². The number of halogens is 2. The standard InChI is InChI=1S/C14H21F2N3O2/c1-10-3-4-12(19(10)14(15)16)13(20)17-7-11-8-18(2)5-6-21-9-11/h3-4,11,14H,5-9H2,1-2H3,(H,17,20)/t11-/m1/s1. The van der Waals surface area contributed by atoms with Gasteiger partial charge in [0.05, 0.1) is 13.2 Å². The molecule has 0 aliphatic carbocycles. The van der Waals surface area contributed by atoms with Crippen molar-refractivity contribution in [3.63, 3.8) is 0 Å². The van der Waals surface area contributed by atoms with Crippen LogP contribution in [0.2, 0.25) is 0 Å². The van der Waals surface area contributed by atoms with Crippen molar-refractivity contribution in [1.29, 1.82) is 0 Å². The summed E-state index contributed by atoms with van der Waals surface area (Å²) in [6.07, 6.45) is 0. The van der Waals surface area contributed by atoms with Crippen molar-refractivity contribution in [3.05, 3.63) is 23.5 Å². The molecule has 1 amide bonds. The minimum absolute atomic E-state index is 0.00889. The predicted molar refractivity (Wildman–Crippen MR) is 74.6 cm³/mol. The van der Waals surface area contributed by atoms with Gasteiger partial charge in [0.15, 0.2) is 0 Å². The molecule has 1 aromatic rings. The first kappa shape index (κ1) is 15.9.